The second-order valence-electron chi connectivity index (χ2n) is 4.60. The van der Waals surface area contributed by atoms with Crippen LogP contribution < -0.4 is 5.32 Å². The van der Waals surface area contributed by atoms with Crippen molar-refractivity contribution in [1.29, 1.82) is 0 Å². The Morgan fingerprint density at radius 3 is 2.45 bits per heavy atom. The van der Waals surface area contributed by atoms with Crippen molar-refractivity contribution in [2.24, 2.45) is 0 Å². The van der Waals surface area contributed by atoms with Gasteiger partial charge in [0.15, 0.2) is 5.60 Å². The highest BCUT2D eigenvalue weighted by molar-refractivity contribution is 9.10. The first-order chi connectivity index (χ1) is 10.4. The van der Waals surface area contributed by atoms with E-state index in [4.69, 9.17) is 5.11 Å². The number of pyridine rings is 1. The van der Waals surface area contributed by atoms with Crippen LogP contribution in [-0.4, -0.2) is 27.1 Å². The molecule has 3 rings (SSSR count). The van der Waals surface area contributed by atoms with Crippen molar-refractivity contribution in [2.75, 3.05) is 5.32 Å². The smallest absolute Gasteiger partial charge is 0.307 e. The molecule has 2 heterocycles. The number of amides is 1. The van der Waals surface area contributed by atoms with Crippen LogP contribution in [0, 0.1) is 0 Å². The van der Waals surface area contributed by atoms with Gasteiger partial charge in [-0.1, -0.05) is 22.0 Å². The number of carboxylic acid groups (broad SMARTS) is 1. The van der Waals surface area contributed by atoms with Gasteiger partial charge in [-0.25, -0.2) is 0 Å². The van der Waals surface area contributed by atoms with Crippen LogP contribution in [0.25, 0.3) is 0 Å². The minimum atomic E-state index is -1.98. The Bertz CT molecular complexity index is 666. The van der Waals surface area contributed by atoms with Crippen LogP contribution in [0.5, 0.6) is 0 Å². The second-order valence-corrected chi connectivity index (χ2v) is 5.52. The number of nitrogens with one attached hydrogen (secondary N) is 1. The van der Waals surface area contributed by atoms with Gasteiger partial charge >= 0.3 is 5.97 Å². The van der Waals surface area contributed by atoms with Gasteiger partial charge in [0.05, 0.1) is 6.42 Å². The molecule has 1 aliphatic heterocycles. The molecule has 0 aliphatic carbocycles. The predicted octanol–water partition coefficient (Wildman–Crippen LogP) is 2.15. The number of fused-ring (bicyclic) bond motifs is 1. The van der Waals surface area contributed by atoms with Gasteiger partial charge < -0.3 is 15.5 Å². The van der Waals surface area contributed by atoms with Gasteiger partial charge in [0.25, 0.3) is 5.91 Å². The van der Waals surface area contributed by atoms with Gasteiger partial charge in [0.1, 0.15) is 0 Å². The van der Waals surface area contributed by atoms with Crippen LogP contribution in [0.1, 0.15) is 12.0 Å². The summed E-state index contributed by atoms with van der Waals surface area (Å²) in [7, 11) is 0. The molecule has 1 unspecified atom stereocenters. The highest BCUT2D eigenvalue weighted by atomic mass is 79.9. The number of anilines is 1. The van der Waals surface area contributed by atoms with Crippen molar-refractivity contribution in [3.63, 3.8) is 0 Å². The monoisotopic (exact) mass is 364 g/mol. The molecule has 1 amide bonds. The van der Waals surface area contributed by atoms with E-state index in [1.807, 2.05) is 18.2 Å². The first-order valence-corrected chi connectivity index (χ1v) is 7.13. The molecule has 1 atom stereocenters. The zero-order chi connectivity index (χ0) is 16.2. The first kappa shape index (κ1) is 16.1. The highest BCUT2D eigenvalue weighted by Gasteiger charge is 2.46. The molecule has 1 aromatic heterocycles. The Kier molecular flexibility index (Phi) is 4.89. The molecule has 22 heavy (non-hydrogen) atoms. The maximum Gasteiger partial charge on any atom is 0.307 e. The SMILES string of the molecule is O=C(O)CC1(O)C(=O)Nc2ccc(Br)cc21.c1ccncc1. The summed E-state index contributed by atoms with van der Waals surface area (Å²) in [6.07, 6.45) is 2.85. The number of carbonyl (C=O) groups is 2. The zero-order valence-corrected chi connectivity index (χ0v) is 12.9. The largest absolute Gasteiger partial charge is 0.481 e. The van der Waals surface area contributed by atoms with Gasteiger partial charge in [-0.05, 0) is 30.3 Å². The zero-order valence-electron chi connectivity index (χ0n) is 11.4. The van der Waals surface area contributed by atoms with Crippen molar-refractivity contribution < 1.29 is 19.8 Å². The Morgan fingerprint density at radius 1 is 1.27 bits per heavy atom. The normalized spacial score (nSPS) is 18.7. The fraction of sp³-hybridized carbons (Fsp3) is 0.133. The van der Waals surface area contributed by atoms with Gasteiger partial charge in [-0.3, -0.25) is 14.6 Å². The van der Waals surface area contributed by atoms with Crippen LogP contribution in [0.2, 0.25) is 0 Å². The topological polar surface area (TPSA) is 99.5 Å². The third-order valence-corrected chi connectivity index (χ3v) is 3.52. The van der Waals surface area contributed by atoms with E-state index >= 15 is 0 Å². The molecule has 114 valence electrons. The number of hydrogen-bond donors (Lipinski definition) is 3. The van der Waals surface area contributed by atoms with Gasteiger partial charge in [-0.15, -0.1) is 0 Å². The molecule has 1 aromatic carbocycles. The fourth-order valence-corrected chi connectivity index (χ4v) is 2.38. The molecular weight excluding hydrogens is 352 g/mol. The molecule has 0 fully saturated rings. The van der Waals surface area contributed by atoms with E-state index in [1.165, 1.54) is 6.07 Å². The lowest BCUT2D eigenvalue weighted by Crippen LogP contribution is -2.36. The number of carboxylic acids is 1. The molecule has 3 N–H and O–H groups in total. The number of aliphatic hydroxyl groups is 1. The van der Waals surface area contributed by atoms with Crippen LogP contribution in [0.15, 0.2) is 53.3 Å². The maximum atomic E-state index is 11.6. The van der Waals surface area contributed by atoms with E-state index < -0.39 is 23.9 Å². The first-order valence-electron chi connectivity index (χ1n) is 6.34. The maximum absolute atomic E-state index is 11.6. The van der Waals surface area contributed by atoms with Crippen LogP contribution in [0.4, 0.5) is 5.69 Å². The molecular formula is C15H13BrN2O4. The number of rotatable bonds is 2. The molecule has 0 saturated heterocycles. The summed E-state index contributed by atoms with van der Waals surface area (Å²) in [5.74, 6) is -1.94. The van der Waals surface area contributed by atoms with Crippen molar-refractivity contribution in [3.05, 3.63) is 58.8 Å². The average molecular weight is 365 g/mol. The fourth-order valence-electron chi connectivity index (χ4n) is 2.02. The van der Waals surface area contributed by atoms with Crippen LogP contribution in [-0.2, 0) is 15.2 Å². The minimum absolute atomic E-state index is 0.286. The van der Waals surface area contributed by atoms with Gasteiger partial charge in [0.2, 0.25) is 0 Å². The number of nitrogens with zero attached hydrogens (tertiary/aromatic N) is 1. The molecule has 0 saturated carbocycles. The number of aliphatic carboxylic acids is 1. The van der Waals surface area contributed by atoms with Crippen molar-refractivity contribution in [1.82, 2.24) is 4.98 Å². The summed E-state index contributed by atoms with van der Waals surface area (Å²) < 4.78 is 0.673. The van der Waals surface area contributed by atoms with E-state index in [9.17, 15) is 14.7 Å². The predicted molar refractivity (Wildman–Crippen MR) is 83.2 cm³/mol. The third kappa shape index (κ3) is 3.49. The van der Waals surface area contributed by atoms with E-state index in [-0.39, 0.29) is 5.56 Å². The molecule has 6 nitrogen and oxygen atoms in total. The molecule has 1 aliphatic rings. The van der Waals surface area contributed by atoms with Gasteiger partial charge in [0, 0.05) is 28.1 Å². The van der Waals surface area contributed by atoms with Crippen LogP contribution in [0.3, 0.4) is 0 Å². The summed E-state index contributed by atoms with van der Waals surface area (Å²) in [6.45, 7) is 0. The summed E-state index contributed by atoms with van der Waals surface area (Å²) >= 11 is 3.21. The molecule has 0 spiro atoms. The van der Waals surface area contributed by atoms with E-state index in [2.05, 4.69) is 26.2 Å². The van der Waals surface area contributed by atoms with Crippen LogP contribution >= 0.6 is 15.9 Å². The standard InChI is InChI=1S/C10H8BrNO4.C5H5N/c11-5-1-2-7-6(3-5)10(16,4-8(13)14)9(15)12-7;1-2-4-6-5-3-1/h1-3,16H,4H2,(H,12,15)(H,13,14);1-5H. The van der Waals surface area contributed by atoms with Crippen molar-refractivity contribution >= 4 is 33.5 Å². The number of hydrogen-bond acceptors (Lipinski definition) is 4. The summed E-state index contributed by atoms with van der Waals surface area (Å²) in [4.78, 5) is 26.0. The number of benzene rings is 1. The molecule has 2 aromatic rings. The van der Waals surface area contributed by atoms with Gasteiger partial charge in [-0.2, -0.15) is 0 Å². The lowest BCUT2D eigenvalue weighted by molar-refractivity contribution is -0.149. The van der Waals surface area contributed by atoms with Crippen molar-refractivity contribution in [3.8, 4) is 0 Å². The molecule has 7 heteroatoms. The molecule has 0 bridgehead atoms. The minimum Gasteiger partial charge on any atom is -0.481 e. The highest BCUT2D eigenvalue weighted by Crippen LogP contribution is 2.39. The number of carbonyl (C=O) groups excluding carboxylic acids is 1. The van der Waals surface area contributed by atoms with Crippen molar-refractivity contribution in [2.45, 2.75) is 12.0 Å². The Labute approximate surface area is 134 Å². The quantitative estimate of drug-likeness (QED) is 0.757. The number of halogens is 1. The average Bonchev–Trinajstić information content (AvgIpc) is 2.73. The lowest BCUT2D eigenvalue weighted by atomic mass is 9.92. The lowest BCUT2D eigenvalue weighted by Gasteiger charge is -2.18. The second kappa shape index (κ2) is 6.67. The summed E-state index contributed by atoms with van der Waals surface area (Å²) in [6, 6.07) is 10.6. The van der Waals surface area contributed by atoms with E-state index in [0.29, 0.717) is 10.2 Å². The molecule has 0 radical (unpaired) electrons. The Balaban J connectivity index is 0.000000246. The van der Waals surface area contributed by atoms with E-state index in [0.717, 1.165) is 0 Å². The third-order valence-electron chi connectivity index (χ3n) is 3.02. The summed E-state index contributed by atoms with van der Waals surface area (Å²) in [5.41, 5.74) is -1.25. The number of aromatic nitrogens is 1. The Hall–Kier alpha value is -2.25. The van der Waals surface area contributed by atoms with E-state index in [1.54, 1.807) is 24.5 Å². The Morgan fingerprint density at radius 2 is 1.95 bits per heavy atom. The summed E-state index contributed by atoms with van der Waals surface area (Å²) in [5, 5.41) is 21.2.